The molecule has 0 radical (unpaired) electrons. The highest BCUT2D eigenvalue weighted by Crippen LogP contribution is 2.05. The number of hydrogen-bond donors (Lipinski definition) is 1. The molecule has 1 aliphatic rings. The molecule has 1 N–H and O–H groups in total. The Bertz CT molecular complexity index is 650. The van der Waals surface area contributed by atoms with Gasteiger partial charge in [0.2, 0.25) is 17.7 Å². The first-order chi connectivity index (χ1) is 12.0. The smallest absolute Gasteiger partial charge is 0.244 e. The number of nitrogens with one attached hydrogen (secondary N) is 1. The van der Waals surface area contributed by atoms with Crippen molar-refractivity contribution >= 4 is 23.8 Å². The van der Waals surface area contributed by atoms with E-state index in [9.17, 15) is 18.8 Å². The van der Waals surface area contributed by atoms with Crippen LogP contribution < -0.4 is 5.32 Å². The molecule has 3 amide bonds. The molecule has 0 spiro atoms. The monoisotopic (exact) mass is 347 g/mol. The van der Waals surface area contributed by atoms with Crippen molar-refractivity contribution < 1.29 is 18.8 Å². The third-order valence-corrected chi connectivity index (χ3v) is 4.01. The van der Waals surface area contributed by atoms with E-state index in [1.54, 1.807) is 28.0 Å². The van der Waals surface area contributed by atoms with Crippen molar-refractivity contribution in [2.75, 3.05) is 32.7 Å². The second-order valence-electron chi connectivity index (χ2n) is 5.81. The number of amides is 3. The van der Waals surface area contributed by atoms with Crippen LogP contribution in [0.25, 0.3) is 6.08 Å². The number of carbonyl (C=O) groups excluding carboxylic acids is 3. The van der Waals surface area contributed by atoms with Gasteiger partial charge in [0.05, 0.1) is 0 Å². The highest BCUT2D eigenvalue weighted by Gasteiger charge is 2.21. The number of piperazine rings is 1. The molecule has 1 heterocycles. The van der Waals surface area contributed by atoms with Gasteiger partial charge in [-0.15, -0.1) is 0 Å². The summed E-state index contributed by atoms with van der Waals surface area (Å²) < 4.78 is 12.8. The Balaban J connectivity index is 1.68. The van der Waals surface area contributed by atoms with Gasteiger partial charge in [0.15, 0.2) is 0 Å². The van der Waals surface area contributed by atoms with Gasteiger partial charge in [-0.05, 0) is 23.8 Å². The maximum absolute atomic E-state index is 12.8. The highest BCUT2D eigenvalue weighted by atomic mass is 19.1. The number of hydrogen-bond acceptors (Lipinski definition) is 3. The number of halogens is 1. The summed E-state index contributed by atoms with van der Waals surface area (Å²) in [7, 11) is 0. The van der Waals surface area contributed by atoms with E-state index in [2.05, 4.69) is 5.32 Å². The second kappa shape index (κ2) is 8.96. The van der Waals surface area contributed by atoms with E-state index in [1.165, 1.54) is 25.1 Å². The first-order valence-electron chi connectivity index (χ1n) is 8.20. The molecule has 2 rings (SSSR count). The minimum atomic E-state index is -0.329. The summed E-state index contributed by atoms with van der Waals surface area (Å²) >= 11 is 0. The molecule has 25 heavy (non-hydrogen) atoms. The quantitative estimate of drug-likeness (QED) is 0.809. The normalized spacial score (nSPS) is 14.6. The van der Waals surface area contributed by atoms with Crippen LogP contribution >= 0.6 is 0 Å². The zero-order valence-electron chi connectivity index (χ0n) is 14.2. The van der Waals surface area contributed by atoms with E-state index < -0.39 is 0 Å². The molecule has 1 aromatic rings. The Morgan fingerprint density at radius 2 is 1.68 bits per heavy atom. The summed E-state index contributed by atoms with van der Waals surface area (Å²) in [6.07, 6.45) is 3.15. The Hall–Kier alpha value is -2.70. The summed E-state index contributed by atoms with van der Waals surface area (Å²) in [5, 5.41) is 2.65. The second-order valence-corrected chi connectivity index (χ2v) is 5.81. The SMILES string of the molecule is CC(=O)N1CCN(C(=O)CCNC(=O)/C=C\c2ccc(F)cc2)CC1. The lowest BCUT2D eigenvalue weighted by Gasteiger charge is -2.34. The molecule has 1 saturated heterocycles. The summed E-state index contributed by atoms with van der Waals surface area (Å²) in [5.74, 6) is -0.652. The van der Waals surface area contributed by atoms with Gasteiger partial charge in [-0.3, -0.25) is 14.4 Å². The van der Waals surface area contributed by atoms with Crippen molar-refractivity contribution in [2.24, 2.45) is 0 Å². The number of benzene rings is 1. The van der Waals surface area contributed by atoms with Crippen LogP contribution in [0.4, 0.5) is 4.39 Å². The third kappa shape index (κ3) is 6.02. The van der Waals surface area contributed by atoms with Gasteiger partial charge in [-0.2, -0.15) is 0 Å². The molecule has 0 atom stereocenters. The first kappa shape index (κ1) is 18.6. The highest BCUT2D eigenvalue weighted by molar-refractivity contribution is 5.92. The van der Waals surface area contributed by atoms with Crippen molar-refractivity contribution in [3.8, 4) is 0 Å². The van der Waals surface area contributed by atoms with Crippen LogP contribution in [0.5, 0.6) is 0 Å². The Kier molecular flexibility index (Phi) is 6.68. The minimum absolute atomic E-state index is 0.0207. The zero-order valence-corrected chi connectivity index (χ0v) is 14.2. The summed E-state index contributed by atoms with van der Waals surface area (Å²) in [4.78, 5) is 38.5. The van der Waals surface area contributed by atoms with Gasteiger partial charge in [-0.25, -0.2) is 4.39 Å². The van der Waals surface area contributed by atoms with E-state index in [4.69, 9.17) is 0 Å². The molecule has 1 fully saturated rings. The van der Waals surface area contributed by atoms with Gasteiger partial charge >= 0.3 is 0 Å². The van der Waals surface area contributed by atoms with E-state index in [-0.39, 0.29) is 36.5 Å². The van der Waals surface area contributed by atoms with Crippen molar-refractivity contribution in [3.63, 3.8) is 0 Å². The fourth-order valence-electron chi connectivity index (χ4n) is 2.53. The molecule has 6 nitrogen and oxygen atoms in total. The lowest BCUT2D eigenvalue weighted by atomic mass is 10.2. The van der Waals surface area contributed by atoms with Crippen molar-refractivity contribution in [3.05, 3.63) is 41.7 Å². The average molecular weight is 347 g/mol. The van der Waals surface area contributed by atoms with Crippen molar-refractivity contribution in [1.82, 2.24) is 15.1 Å². The number of rotatable bonds is 5. The maximum atomic E-state index is 12.8. The summed E-state index contributed by atoms with van der Waals surface area (Å²) in [5.41, 5.74) is 0.718. The van der Waals surface area contributed by atoms with Crippen LogP contribution in [-0.2, 0) is 14.4 Å². The third-order valence-electron chi connectivity index (χ3n) is 4.01. The molecule has 0 aromatic heterocycles. The van der Waals surface area contributed by atoms with Crippen LogP contribution in [0, 0.1) is 5.82 Å². The number of nitrogens with zero attached hydrogens (tertiary/aromatic N) is 2. The zero-order chi connectivity index (χ0) is 18.2. The molecule has 0 unspecified atom stereocenters. The molecule has 1 aromatic carbocycles. The first-order valence-corrected chi connectivity index (χ1v) is 8.20. The molecule has 134 valence electrons. The Morgan fingerprint density at radius 1 is 1.08 bits per heavy atom. The molecular formula is C18H22FN3O3. The molecule has 1 aliphatic heterocycles. The molecule has 0 aliphatic carbocycles. The fraction of sp³-hybridized carbons (Fsp3) is 0.389. The number of carbonyl (C=O) groups is 3. The van der Waals surface area contributed by atoms with E-state index in [1.807, 2.05) is 0 Å². The van der Waals surface area contributed by atoms with Crippen LogP contribution in [0.3, 0.4) is 0 Å². The van der Waals surface area contributed by atoms with Crippen LogP contribution in [-0.4, -0.2) is 60.2 Å². The van der Waals surface area contributed by atoms with Crippen LogP contribution in [0.2, 0.25) is 0 Å². The van der Waals surface area contributed by atoms with Gasteiger partial charge in [0.25, 0.3) is 0 Å². The molecule has 7 heteroatoms. The van der Waals surface area contributed by atoms with Crippen molar-refractivity contribution in [1.29, 1.82) is 0 Å². The maximum Gasteiger partial charge on any atom is 0.244 e. The molecular weight excluding hydrogens is 325 g/mol. The Labute approximate surface area is 146 Å². The predicted octanol–water partition coefficient (Wildman–Crippen LogP) is 1.04. The predicted molar refractivity (Wildman–Crippen MR) is 91.9 cm³/mol. The topological polar surface area (TPSA) is 69.7 Å². The van der Waals surface area contributed by atoms with Gasteiger partial charge in [0, 0.05) is 52.1 Å². The van der Waals surface area contributed by atoms with Crippen LogP contribution in [0.1, 0.15) is 18.9 Å². The van der Waals surface area contributed by atoms with E-state index >= 15 is 0 Å². The van der Waals surface area contributed by atoms with Crippen molar-refractivity contribution in [2.45, 2.75) is 13.3 Å². The molecule has 0 saturated carbocycles. The summed E-state index contributed by atoms with van der Waals surface area (Å²) in [6.45, 7) is 3.92. The largest absolute Gasteiger partial charge is 0.352 e. The lowest BCUT2D eigenvalue weighted by Crippen LogP contribution is -2.50. The standard InChI is InChI=1S/C18H22FN3O3/c1-14(23)21-10-12-22(13-11-21)18(25)8-9-20-17(24)7-4-15-2-5-16(19)6-3-15/h2-7H,8-13H2,1H3,(H,20,24)/b7-4-. The minimum Gasteiger partial charge on any atom is -0.352 e. The van der Waals surface area contributed by atoms with Gasteiger partial charge in [0.1, 0.15) is 5.82 Å². The van der Waals surface area contributed by atoms with Gasteiger partial charge < -0.3 is 15.1 Å². The lowest BCUT2D eigenvalue weighted by molar-refractivity contribution is -0.138. The summed E-state index contributed by atoms with van der Waals surface area (Å²) in [6, 6.07) is 5.79. The average Bonchev–Trinajstić information content (AvgIpc) is 2.61. The van der Waals surface area contributed by atoms with Gasteiger partial charge in [-0.1, -0.05) is 12.1 Å². The van der Waals surface area contributed by atoms with E-state index in [0.29, 0.717) is 26.2 Å². The molecule has 0 bridgehead atoms. The Morgan fingerprint density at radius 3 is 2.28 bits per heavy atom. The van der Waals surface area contributed by atoms with Crippen LogP contribution in [0.15, 0.2) is 30.3 Å². The fourth-order valence-corrected chi connectivity index (χ4v) is 2.53. The van der Waals surface area contributed by atoms with E-state index in [0.717, 1.165) is 5.56 Å².